The minimum Gasteiger partial charge on any atom is -0.396 e. The number of nitrogens with one attached hydrogen (secondary N) is 1. The highest BCUT2D eigenvalue weighted by Crippen LogP contribution is 2.33. The van der Waals surface area contributed by atoms with Crippen LogP contribution in [0.1, 0.15) is 46.1 Å². The summed E-state index contributed by atoms with van der Waals surface area (Å²) in [5.41, 5.74) is 2.80. The molecule has 3 aromatic rings. The average molecular weight is 486 g/mol. The first-order valence-corrected chi connectivity index (χ1v) is 11.7. The second-order valence-corrected chi connectivity index (χ2v) is 9.80. The molecule has 2 heterocycles. The van der Waals surface area contributed by atoms with Gasteiger partial charge in [-0.2, -0.15) is 0 Å². The zero-order valence-electron chi connectivity index (χ0n) is 16.7. The summed E-state index contributed by atoms with van der Waals surface area (Å²) >= 11 is 4.96. The number of carbonyl (C=O) groups is 1. The lowest BCUT2D eigenvalue weighted by Crippen LogP contribution is -2.19. The van der Waals surface area contributed by atoms with Crippen molar-refractivity contribution in [2.75, 3.05) is 11.9 Å². The number of aromatic nitrogens is 2. The van der Waals surface area contributed by atoms with Crippen LogP contribution < -0.4 is 5.32 Å². The predicted molar refractivity (Wildman–Crippen MR) is 123 cm³/mol. The number of aliphatic hydroxyl groups is 1. The van der Waals surface area contributed by atoms with Crippen molar-refractivity contribution < 1.29 is 9.90 Å². The summed E-state index contributed by atoms with van der Waals surface area (Å²) in [7, 11) is 0. The molecule has 2 N–H and O–H groups in total. The molecule has 7 heteroatoms. The van der Waals surface area contributed by atoms with E-state index in [4.69, 9.17) is 0 Å². The van der Waals surface area contributed by atoms with Crippen molar-refractivity contribution in [3.8, 4) is 0 Å². The van der Waals surface area contributed by atoms with E-state index in [1.165, 1.54) is 23.2 Å². The molecule has 0 bridgehead atoms. The number of rotatable bonds is 7. The van der Waals surface area contributed by atoms with Crippen molar-refractivity contribution in [1.82, 2.24) is 9.97 Å². The van der Waals surface area contributed by atoms with Gasteiger partial charge in [-0.3, -0.25) is 4.79 Å². The van der Waals surface area contributed by atoms with Crippen molar-refractivity contribution in [2.24, 2.45) is 11.8 Å². The van der Waals surface area contributed by atoms with Crippen LogP contribution in [-0.2, 0) is 6.42 Å². The molecule has 0 aliphatic heterocycles. The third kappa shape index (κ3) is 4.79. The Hall–Kier alpha value is -2.09. The Labute approximate surface area is 188 Å². The van der Waals surface area contributed by atoms with Crippen LogP contribution in [0.4, 0.5) is 5.82 Å². The van der Waals surface area contributed by atoms with Gasteiger partial charge in [-0.1, -0.05) is 35.0 Å². The molecule has 1 fully saturated rings. The maximum Gasteiger partial charge on any atom is 0.208 e. The van der Waals surface area contributed by atoms with Crippen LogP contribution in [0, 0.1) is 11.8 Å². The Morgan fingerprint density at radius 1 is 1.30 bits per heavy atom. The summed E-state index contributed by atoms with van der Waals surface area (Å²) in [5.74, 6) is 1.26. The second kappa shape index (κ2) is 9.37. The molecule has 1 aliphatic rings. The minimum atomic E-state index is -0.0617. The lowest BCUT2D eigenvalue weighted by Gasteiger charge is -2.15. The van der Waals surface area contributed by atoms with Crippen LogP contribution in [0.15, 0.2) is 52.7 Å². The van der Waals surface area contributed by atoms with E-state index >= 15 is 0 Å². The maximum absolute atomic E-state index is 13.2. The quantitative estimate of drug-likeness (QED) is 0.463. The third-order valence-corrected chi connectivity index (χ3v) is 7.23. The molecular weight excluding hydrogens is 462 g/mol. The molecule has 0 unspecified atom stereocenters. The number of ketones is 1. The SMILES string of the molecule is C[C@H]1C[C@H](Nc2ncncc2C(=O)c2cc(Cc3cccc(Br)c3)cs2)C[C@@H]1CO. The summed E-state index contributed by atoms with van der Waals surface area (Å²) in [4.78, 5) is 22.3. The largest absolute Gasteiger partial charge is 0.396 e. The normalized spacial score (nSPS) is 21.0. The first kappa shape index (κ1) is 21.2. The van der Waals surface area contributed by atoms with E-state index in [-0.39, 0.29) is 18.4 Å². The molecule has 0 saturated heterocycles. The van der Waals surface area contributed by atoms with Gasteiger partial charge in [0.25, 0.3) is 0 Å². The molecular formula is C23H24BrN3O2S. The Balaban J connectivity index is 1.50. The maximum atomic E-state index is 13.2. The summed E-state index contributed by atoms with van der Waals surface area (Å²) < 4.78 is 1.05. The van der Waals surface area contributed by atoms with E-state index in [9.17, 15) is 9.90 Å². The van der Waals surface area contributed by atoms with Gasteiger partial charge < -0.3 is 10.4 Å². The highest BCUT2D eigenvalue weighted by Gasteiger charge is 2.31. The standard InChI is InChI=1S/C23H24BrN3O2S/c1-14-5-19(9-17(14)11-28)27-23-20(10-25-13-26-23)22(29)21-8-16(12-30-21)6-15-3-2-4-18(24)7-15/h2-4,7-8,10,12-14,17,19,28H,5-6,9,11H2,1H3,(H,25,26,27)/t14-,17+,19-/m0/s1. The number of anilines is 1. The van der Waals surface area contributed by atoms with Crippen LogP contribution in [0.25, 0.3) is 0 Å². The predicted octanol–water partition coefficient (Wildman–Crippen LogP) is 4.94. The topological polar surface area (TPSA) is 75.1 Å². The highest BCUT2D eigenvalue weighted by molar-refractivity contribution is 9.10. The van der Waals surface area contributed by atoms with E-state index < -0.39 is 0 Å². The minimum absolute atomic E-state index is 0.0617. The lowest BCUT2D eigenvalue weighted by atomic mass is 10.00. The molecule has 156 valence electrons. The van der Waals surface area contributed by atoms with E-state index in [1.807, 2.05) is 23.6 Å². The number of hydrogen-bond donors (Lipinski definition) is 2. The van der Waals surface area contributed by atoms with Gasteiger partial charge in [0, 0.05) is 23.3 Å². The third-order valence-electron chi connectivity index (χ3n) is 5.76. The van der Waals surface area contributed by atoms with Crippen molar-refractivity contribution in [1.29, 1.82) is 0 Å². The van der Waals surface area contributed by atoms with Gasteiger partial charge in [-0.05, 0) is 65.8 Å². The molecule has 30 heavy (non-hydrogen) atoms. The van der Waals surface area contributed by atoms with Gasteiger partial charge in [0.2, 0.25) is 5.78 Å². The zero-order chi connectivity index (χ0) is 21.1. The second-order valence-electron chi connectivity index (χ2n) is 7.97. The molecule has 5 nitrogen and oxygen atoms in total. The van der Waals surface area contributed by atoms with Crippen molar-refractivity contribution in [2.45, 2.75) is 32.2 Å². The zero-order valence-corrected chi connectivity index (χ0v) is 19.1. The monoisotopic (exact) mass is 485 g/mol. The molecule has 0 amide bonds. The van der Waals surface area contributed by atoms with E-state index in [1.54, 1.807) is 6.20 Å². The molecule has 1 aromatic carbocycles. The summed E-state index contributed by atoms with van der Waals surface area (Å²) in [6, 6.07) is 10.4. The van der Waals surface area contributed by atoms with Crippen LogP contribution in [0.2, 0.25) is 0 Å². The fourth-order valence-electron chi connectivity index (χ4n) is 4.11. The van der Waals surface area contributed by atoms with Gasteiger partial charge in [0.05, 0.1) is 10.4 Å². The first-order valence-electron chi connectivity index (χ1n) is 10.1. The summed E-state index contributed by atoms with van der Waals surface area (Å²) in [5, 5.41) is 15.0. The highest BCUT2D eigenvalue weighted by atomic mass is 79.9. The number of halogens is 1. The molecule has 4 rings (SSSR count). The van der Waals surface area contributed by atoms with E-state index in [0.29, 0.717) is 28.1 Å². The van der Waals surface area contributed by atoms with Gasteiger partial charge in [-0.15, -0.1) is 11.3 Å². The van der Waals surface area contributed by atoms with Crippen LogP contribution >= 0.6 is 27.3 Å². The smallest absolute Gasteiger partial charge is 0.208 e. The van der Waals surface area contributed by atoms with Gasteiger partial charge in [0.15, 0.2) is 0 Å². The first-order chi connectivity index (χ1) is 14.5. The molecule has 1 saturated carbocycles. The Morgan fingerprint density at radius 2 is 2.17 bits per heavy atom. The lowest BCUT2D eigenvalue weighted by molar-refractivity contribution is 0.104. The fraction of sp³-hybridized carbons (Fsp3) is 0.348. The molecule has 0 spiro atoms. The molecule has 0 radical (unpaired) electrons. The van der Waals surface area contributed by atoms with Crippen molar-refractivity contribution in [3.05, 3.63) is 74.3 Å². The van der Waals surface area contributed by atoms with Gasteiger partial charge in [0.1, 0.15) is 12.1 Å². The number of aliphatic hydroxyl groups excluding tert-OH is 1. The average Bonchev–Trinajstić information content (AvgIpc) is 3.34. The van der Waals surface area contributed by atoms with Crippen LogP contribution in [0.3, 0.4) is 0 Å². The molecule has 2 aromatic heterocycles. The summed E-state index contributed by atoms with van der Waals surface area (Å²) in [6.45, 7) is 2.36. The summed E-state index contributed by atoms with van der Waals surface area (Å²) in [6.07, 6.45) is 5.67. The number of benzene rings is 1. The number of thiophene rings is 1. The van der Waals surface area contributed by atoms with Gasteiger partial charge >= 0.3 is 0 Å². The van der Waals surface area contributed by atoms with Crippen LogP contribution in [-0.4, -0.2) is 33.5 Å². The van der Waals surface area contributed by atoms with Crippen LogP contribution in [0.5, 0.6) is 0 Å². The van der Waals surface area contributed by atoms with Crippen molar-refractivity contribution >= 4 is 38.9 Å². The number of carbonyl (C=O) groups excluding carboxylic acids is 1. The van der Waals surface area contributed by atoms with Gasteiger partial charge in [-0.25, -0.2) is 9.97 Å². The Morgan fingerprint density at radius 3 is 2.93 bits per heavy atom. The molecule has 3 atom stereocenters. The Kier molecular flexibility index (Phi) is 6.61. The van der Waals surface area contributed by atoms with E-state index in [0.717, 1.165) is 29.3 Å². The number of hydrogen-bond acceptors (Lipinski definition) is 6. The fourth-order valence-corrected chi connectivity index (χ4v) is 5.43. The van der Waals surface area contributed by atoms with Crippen molar-refractivity contribution in [3.63, 3.8) is 0 Å². The number of nitrogens with zero attached hydrogens (tertiary/aromatic N) is 2. The van der Waals surface area contributed by atoms with E-state index in [2.05, 4.69) is 50.3 Å². The Bertz CT molecular complexity index is 1040. The molecule has 1 aliphatic carbocycles.